The fourth-order valence-electron chi connectivity index (χ4n) is 1.58. The van der Waals surface area contributed by atoms with E-state index in [1.807, 2.05) is 13.8 Å². The number of aryl methyl sites for hydroxylation is 2. The molecule has 6 heteroatoms. The van der Waals surface area contributed by atoms with Crippen LogP contribution in [0.1, 0.15) is 26.0 Å². The van der Waals surface area contributed by atoms with Crippen molar-refractivity contribution in [2.24, 2.45) is 0 Å². The molecule has 0 radical (unpaired) electrons. The van der Waals surface area contributed by atoms with Crippen molar-refractivity contribution < 1.29 is 4.92 Å². The molecule has 0 amide bonds. The maximum Gasteiger partial charge on any atom is 0.333 e. The van der Waals surface area contributed by atoms with Crippen LogP contribution >= 0.6 is 0 Å². The third-order valence-electron chi connectivity index (χ3n) is 2.43. The van der Waals surface area contributed by atoms with Crippen LogP contribution in [-0.2, 0) is 6.54 Å². The Balaban J connectivity index is 3.19. The van der Waals surface area contributed by atoms with Gasteiger partial charge in [-0.05, 0) is 20.3 Å². The molecule has 0 spiro atoms. The third kappa shape index (κ3) is 2.83. The molecule has 0 aliphatic heterocycles. The molecule has 0 bridgehead atoms. The molecular formula is C11H18N4O2. The minimum Gasteiger partial charge on any atom is -0.359 e. The van der Waals surface area contributed by atoms with Gasteiger partial charge in [-0.15, -0.1) is 6.58 Å². The molecule has 1 N–H and O–H groups in total. The second-order valence-corrected chi connectivity index (χ2v) is 3.93. The van der Waals surface area contributed by atoms with Crippen LogP contribution in [0.15, 0.2) is 12.7 Å². The fraction of sp³-hybridized carbons (Fsp3) is 0.545. The summed E-state index contributed by atoms with van der Waals surface area (Å²) in [6, 6.07) is -0.0413. The highest BCUT2D eigenvalue weighted by Gasteiger charge is 2.25. The van der Waals surface area contributed by atoms with Crippen molar-refractivity contribution in [2.75, 3.05) is 5.32 Å². The molecule has 94 valence electrons. The number of anilines is 1. The van der Waals surface area contributed by atoms with E-state index < -0.39 is 4.92 Å². The smallest absolute Gasteiger partial charge is 0.333 e. The van der Waals surface area contributed by atoms with Crippen molar-refractivity contribution in [2.45, 2.75) is 39.8 Å². The summed E-state index contributed by atoms with van der Waals surface area (Å²) in [6.45, 7) is 9.84. The molecular weight excluding hydrogens is 220 g/mol. The van der Waals surface area contributed by atoms with Gasteiger partial charge in [0.25, 0.3) is 0 Å². The SMILES string of the molecule is C=CC(C)Nc1c([N+](=O)[O-])c(C)nn1CCC. The molecule has 17 heavy (non-hydrogen) atoms. The summed E-state index contributed by atoms with van der Waals surface area (Å²) in [5.41, 5.74) is 0.481. The van der Waals surface area contributed by atoms with Gasteiger partial charge in [0.15, 0.2) is 0 Å². The summed E-state index contributed by atoms with van der Waals surface area (Å²) >= 11 is 0. The van der Waals surface area contributed by atoms with Gasteiger partial charge in [-0.2, -0.15) is 5.10 Å². The Hall–Kier alpha value is -1.85. The van der Waals surface area contributed by atoms with E-state index in [1.165, 1.54) is 0 Å². The van der Waals surface area contributed by atoms with Gasteiger partial charge in [-0.1, -0.05) is 13.0 Å². The molecule has 0 aliphatic carbocycles. The molecule has 1 atom stereocenters. The van der Waals surface area contributed by atoms with Crippen molar-refractivity contribution in [3.8, 4) is 0 Å². The van der Waals surface area contributed by atoms with E-state index in [0.717, 1.165) is 6.42 Å². The lowest BCUT2D eigenvalue weighted by Gasteiger charge is -2.11. The van der Waals surface area contributed by atoms with E-state index in [-0.39, 0.29) is 11.7 Å². The second-order valence-electron chi connectivity index (χ2n) is 3.93. The van der Waals surface area contributed by atoms with E-state index in [1.54, 1.807) is 17.7 Å². The van der Waals surface area contributed by atoms with Crippen LogP contribution < -0.4 is 5.32 Å². The quantitative estimate of drug-likeness (QED) is 0.469. The van der Waals surface area contributed by atoms with E-state index in [0.29, 0.717) is 18.1 Å². The average Bonchev–Trinajstić information content (AvgIpc) is 2.55. The predicted molar refractivity (Wildman–Crippen MR) is 67.2 cm³/mol. The van der Waals surface area contributed by atoms with E-state index >= 15 is 0 Å². The van der Waals surface area contributed by atoms with Gasteiger partial charge >= 0.3 is 5.69 Å². The van der Waals surface area contributed by atoms with Crippen LogP contribution in [0.5, 0.6) is 0 Å². The van der Waals surface area contributed by atoms with Crippen LogP contribution in [-0.4, -0.2) is 20.7 Å². The highest BCUT2D eigenvalue weighted by Crippen LogP contribution is 2.28. The zero-order chi connectivity index (χ0) is 13.0. The number of nitro groups is 1. The van der Waals surface area contributed by atoms with Crippen LogP contribution in [0.4, 0.5) is 11.5 Å². The van der Waals surface area contributed by atoms with Crippen molar-refractivity contribution in [3.63, 3.8) is 0 Å². The van der Waals surface area contributed by atoms with Crippen LogP contribution in [0.2, 0.25) is 0 Å². The Kier molecular flexibility index (Phi) is 4.25. The van der Waals surface area contributed by atoms with E-state index in [2.05, 4.69) is 17.0 Å². The standard InChI is InChI=1S/C11H18N4O2/c1-5-7-14-11(12-8(3)6-2)10(15(16)17)9(4)13-14/h6,8,12H,2,5,7H2,1,3-4H3. The number of hydrogen-bond acceptors (Lipinski definition) is 4. The molecule has 0 saturated carbocycles. The van der Waals surface area contributed by atoms with Gasteiger partial charge < -0.3 is 5.32 Å². The normalized spacial score (nSPS) is 12.2. The summed E-state index contributed by atoms with van der Waals surface area (Å²) in [5, 5.41) is 18.3. The van der Waals surface area contributed by atoms with Gasteiger partial charge in [-0.3, -0.25) is 10.1 Å². The predicted octanol–water partition coefficient (Wildman–Crippen LogP) is 2.50. The summed E-state index contributed by atoms with van der Waals surface area (Å²) in [4.78, 5) is 10.6. The highest BCUT2D eigenvalue weighted by atomic mass is 16.6. The third-order valence-corrected chi connectivity index (χ3v) is 2.43. The lowest BCUT2D eigenvalue weighted by atomic mass is 10.3. The zero-order valence-corrected chi connectivity index (χ0v) is 10.4. The molecule has 1 rings (SSSR count). The topological polar surface area (TPSA) is 73.0 Å². The number of hydrogen-bond donors (Lipinski definition) is 1. The molecule has 1 aromatic rings. The number of rotatable bonds is 6. The van der Waals surface area contributed by atoms with E-state index in [4.69, 9.17) is 0 Å². The summed E-state index contributed by atoms with van der Waals surface area (Å²) in [7, 11) is 0. The van der Waals surface area contributed by atoms with Crippen LogP contribution in [0, 0.1) is 17.0 Å². The molecule has 0 saturated heterocycles. The van der Waals surface area contributed by atoms with E-state index in [9.17, 15) is 10.1 Å². The first-order valence-corrected chi connectivity index (χ1v) is 5.62. The second kappa shape index (κ2) is 5.47. The lowest BCUT2D eigenvalue weighted by molar-refractivity contribution is -0.384. The van der Waals surface area contributed by atoms with Crippen molar-refractivity contribution >= 4 is 11.5 Å². The number of aromatic nitrogens is 2. The van der Waals surface area contributed by atoms with Crippen molar-refractivity contribution in [1.82, 2.24) is 9.78 Å². The van der Waals surface area contributed by atoms with Crippen molar-refractivity contribution in [1.29, 1.82) is 0 Å². The maximum atomic E-state index is 11.0. The lowest BCUT2D eigenvalue weighted by Crippen LogP contribution is -2.16. The first-order valence-electron chi connectivity index (χ1n) is 5.62. The Morgan fingerprint density at radius 2 is 2.35 bits per heavy atom. The van der Waals surface area contributed by atoms with Crippen LogP contribution in [0.25, 0.3) is 0 Å². The first-order chi connectivity index (χ1) is 8.01. The Bertz CT molecular complexity index is 425. The largest absolute Gasteiger partial charge is 0.359 e. The molecule has 0 fully saturated rings. The highest BCUT2D eigenvalue weighted by molar-refractivity contribution is 5.60. The number of nitrogens with zero attached hydrogens (tertiary/aromatic N) is 3. The summed E-state index contributed by atoms with van der Waals surface area (Å²) in [5.74, 6) is 0.460. The maximum absolute atomic E-state index is 11.0. The van der Waals surface area contributed by atoms with Crippen LogP contribution in [0.3, 0.4) is 0 Å². The van der Waals surface area contributed by atoms with Gasteiger partial charge in [0.2, 0.25) is 5.82 Å². The Morgan fingerprint density at radius 1 is 1.71 bits per heavy atom. The Morgan fingerprint density at radius 3 is 2.82 bits per heavy atom. The fourth-order valence-corrected chi connectivity index (χ4v) is 1.58. The van der Waals surface area contributed by atoms with Gasteiger partial charge in [0.1, 0.15) is 5.69 Å². The molecule has 0 aromatic carbocycles. The molecule has 1 unspecified atom stereocenters. The minimum atomic E-state index is -0.396. The van der Waals surface area contributed by atoms with Gasteiger partial charge in [0, 0.05) is 12.6 Å². The molecule has 1 aromatic heterocycles. The van der Waals surface area contributed by atoms with Gasteiger partial charge in [0.05, 0.1) is 4.92 Å². The monoisotopic (exact) mass is 238 g/mol. The van der Waals surface area contributed by atoms with Crippen molar-refractivity contribution in [3.05, 3.63) is 28.5 Å². The first kappa shape index (κ1) is 13.2. The summed E-state index contributed by atoms with van der Waals surface area (Å²) in [6.07, 6.45) is 2.57. The molecule has 0 aliphatic rings. The minimum absolute atomic E-state index is 0.0413. The zero-order valence-electron chi connectivity index (χ0n) is 10.4. The molecule has 1 heterocycles. The summed E-state index contributed by atoms with van der Waals surface area (Å²) < 4.78 is 1.65. The number of nitrogens with one attached hydrogen (secondary N) is 1. The van der Waals surface area contributed by atoms with Gasteiger partial charge in [-0.25, -0.2) is 4.68 Å². The average molecular weight is 238 g/mol. The Labute approximate surface area is 100 Å². The molecule has 6 nitrogen and oxygen atoms in total.